The number of amides is 1. The maximum absolute atomic E-state index is 12.5. The molecule has 27 heavy (non-hydrogen) atoms. The highest BCUT2D eigenvalue weighted by molar-refractivity contribution is 5.95. The first-order valence-electron chi connectivity index (χ1n) is 9.01. The molecule has 1 aromatic carbocycles. The second-order valence-corrected chi connectivity index (χ2v) is 6.37. The van der Waals surface area contributed by atoms with Gasteiger partial charge in [-0.2, -0.15) is 0 Å². The van der Waals surface area contributed by atoms with Gasteiger partial charge in [0.2, 0.25) is 5.89 Å². The molecule has 1 amide bonds. The molecule has 0 bridgehead atoms. The molecule has 1 fully saturated rings. The molecule has 4 rings (SSSR count). The molecule has 0 spiro atoms. The molecule has 3 aromatic rings. The van der Waals surface area contributed by atoms with Crippen molar-refractivity contribution in [1.82, 2.24) is 25.5 Å². The summed E-state index contributed by atoms with van der Waals surface area (Å²) in [6.45, 7) is 2.23. The van der Waals surface area contributed by atoms with Crippen molar-refractivity contribution in [3.63, 3.8) is 0 Å². The van der Waals surface area contributed by atoms with Crippen LogP contribution >= 0.6 is 0 Å². The van der Waals surface area contributed by atoms with Crippen molar-refractivity contribution < 1.29 is 9.21 Å². The summed E-state index contributed by atoms with van der Waals surface area (Å²) in [7, 11) is 0. The smallest absolute Gasteiger partial charge is 0.267 e. The minimum Gasteiger partial charge on any atom is -0.417 e. The zero-order chi connectivity index (χ0) is 18.5. The number of carbonyl (C=O) groups excluding carboxylic acids is 1. The second kappa shape index (κ2) is 7.94. The number of hydrogen-bond donors (Lipinski definition) is 1. The van der Waals surface area contributed by atoms with Gasteiger partial charge >= 0.3 is 0 Å². The van der Waals surface area contributed by atoms with E-state index in [9.17, 15) is 4.79 Å². The third-order valence-corrected chi connectivity index (χ3v) is 4.48. The minimum absolute atomic E-state index is 0.153. The quantitative estimate of drug-likeness (QED) is 0.742. The van der Waals surface area contributed by atoms with Crippen LogP contribution in [0.5, 0.6) is 0 Å². The van der Waals surface area contributed by atoms with Crippen molar-refractivity contribution >= 4 is 11.6 Å². The highest BCUT2D eigenvalue weighted by Crippen LogP contribution is 2.21. The average molecular weight is 364 g/mol. The Bertz CT molecular complexity index is 905. The summed E-state index contributed by atoms with van der Waals surface area (Å²) >= 11 is 0. The van der Waals surface area contributed by atoms with E-state index in [1.807, 2.05) is 24.3 Å². The van der Waals surface area contributed by atoms with E-state index < -0.39 is 0 Å². The molecule has 138 valence electrons. The highest BCUT2D eigenvalue weighted by atomic mass is 16.4. The van der Waals surface area contributed by atoms with E-state index in [1.165, 1.54) is 19.3 Å². The number of anilines is 1. The fourth-order valence-corrected chi connectivity index (χ4v) is 3.09. The van der Waals surface area contributed by atoms with E-state index in [0.717, 1.165) is 18.8 Å². The van der Waals surface area contributed by atoms with Gasteiger partial charge in [0.15, 0.2) is 0 Å². The summed E-state index contributed by atoms with van der Waals surface area (Å²) < 4.78 is 5.53. The maximum atomic E-state index is 12.5. The molecular weight excluding hydrogens is 344 g/mol. The van der Waals surface area contributed by atoms with Crippen LogP contribution in [-0.4, -0.2) is 39.2 Å². The standard InChI is InChI=1S/C19H20N6O2/c26-18(14-5-4-6-15(11-14)25-9-2-1-3-10-25)22-13-17-23-24-19(27-17)16-12-20-7-8-21-16/h4-8,11-12H,1-3,9-10,13H2,(H,22,26). The fourth-order valence-electron chi connectivity index (χ4n) is 3.09. The number of hydrogen-bond acceptors (Lipinski definition) is 7. The van der Waals surface area contributed by atoms with Gasteiger partial charge in [-0.3, -0.25) is 9.78 Å². The van der Waals surface area contributed by atoms with Crippen molar-refractivity contribution in [2.24, 2.45) is 0 Å². The van der Waals surface area contributed by atoms with E-state index in [0.29, 0.717) is 17.1 Å². The highest BCUT2D eigenvalue weighted by Gasteiger charge is 2.14. The third-order valence-electron chi connectivity index (χ3n) is 4.48. The topological polar surface area (TPSA) is 97.0 Å². The molecule has 8 nitrogen and oxygen atoms in total. The van der Waals surface area contributed by atoms with Gasteiger partial charge in [0.05, 0.1) is 12.7 Å². The Labute approximate surface area is 156 Å². The molecule has 0 saturated carbocycles. The number of piperidine rings is 1. The van der Waals surface area contributed by atoms with Crippen molar-refractivity contribution in [3.8, 4) is 11.6 Å². The molecular formula is C19H20N6O2. The van der Waals surface area contributed by atoms with Crippen LogP contribution in [0, 0.1) is 0 Å². The van der Waals surface area contributed by atoms with Crippen molar-refractivity contribution in [3.05, 3.63) is 54.3 Å². The summed E-state index contributed by atoms with van der Waals surface area (Å²) in [6.07, 6.45) is 8.33. The normalized spacial score (nSPS) is 14.1. The fraction of sp³-hybridized carbons (Fsp3) is 0.316. The molecule has 1 aliphatic rings. The predicted octanol–water partition coefficient (Wildman–Crippen LogP) is 2.45. The number of rotatable bonds is 5. The lowest BCUT2D eigenvalue weighted by Crippen LogP contribution is -2.30. The molecule has 0 aliphatic carbocycles. The Morgan fingerprint density at radius 3 is 2.85 bits per heavy atom. The number of aromatic nitrogens is 4. The molecule has 1 N–H and O–H groups in total. The SMILES string of the molecule is O=C(NCc1nnc(-c2cnccn2)o1)c1cccc(N2CCCCC2)c1. The van der Waals surface area contributed by atoms with Crippen LogP contribution in [0.15, 0.2) is 47.3 Å². The first kappa shape index (κ1) is 17.1. The Balaban J connectivity index is 1.39. The summed E-state index contributed by atoms with van der Waals surface area (Å²) in [5, 5.41) is 10.7. The lowest BCUT2D eigenvalue weighted by atomic mass is 10.1. The number of carbonyl (C=O) groups is 1. The van der Waals surface area contributed by atoms with E-state index >= 15 is 0 Å². The lowest BCUT2D eigenvalue weighted by molar-refractivity contribution is 0.0947. The van der Waals surface area contributed by atoms with Crippen LogP contribution in [0.2, 0.25) is 0 Å². The van der Waals surface area contributed by atoms with Crippen molar-refractivity contribution in [2.45, 2.75) is 25.8 Å². The minimum atomic E-state index is -0.173. The van der Waals surface area contributed by atoms with Crippen LogP contribution in [0.4, 0.5) is 5.69 Å². The van der Waals surface area contributed by atoms with Gasteiger partial charge in [-0.1, -0.05) is 6.07 Å². The third kappa shape index (κ3) is 4.11. The molecule has 0 unspecified atom stereocenters. The van der Waals surface area contributed by atoms with Gasteiger partial charge < -0.3 is 14.6 Å². The van der Waals surface area contributed by atoms with Crippen molar-refractivity contribution in [1.29, 1.82) is 0 Å². The lowest BCUT2D eigenvalue weighted by Gasteiger charge is -2.29. The van der Waals surface area contributed by atoms with Gasteiger partial charge in [-0.05, 0) is 37.5 Å². The molecule has 0 atom stereocenters. The molecule has 8 heteroatoms. The van der Waals surface area contributed by atoms with Gasteiger partial charge in [0, 0.05) is 36.7 Å². The largest absolute Gasteiger partial charge is 0.417 e. The Kier molecular flexibility index (Phi) is 5.04. The van der Waals surface area contributed by atoms with E-state index in [4.69, 9.17) is 4.42 Å². The van der Waals surface area contributed by atoms with Crippen LogP contribution < -0.4 is 10.2 Å². The van der Waals surface area contributed by atoms with Crippen LogP contribution in [0.25, 0.3) is 11.6 Å². The number of nitrogens with one attached hydrogen (secondary N) is 1. The second-order valence-electron chi connectivity index (χ2n) is 6.37. The van der Waals surface area contributed by atoms with Gasteiger partial charge in [-0.15, -0.1) is 10.2 Å². The molecule has 3 heterocycles. The molecule has 1 saturated heterocycles. The first-order chi connectivity index (χ1) is 13.3. The molecule has 2 aromatic heterocycles. The average Bonchev–Trinajstić information content (AvgIpc) is 3.22. The first-order valence-corrected chi connectivity index (χ1v) is 9.01. The summed E-state index contributed by atoms with van der Waals surface area (Å²) in [5.74, 6) is 0.420. The predicted molar refractivity (Wildman–Crippen MR) is 99.0 cm³/mol. The Morgan fingerprint density at radius 1 is 1.15 bits per heavy atom. The summed E-state index contributed by atoms with van der Waals surface area (Å²) in [5.41, 5.74) is 2.20. The zero-order valence-corrected chi connectivity index (χ0v) is 14.8. The maximum Gasteiger partial charge on any atom is 0.267 e. The van der Waals surface area contributed by atoms with E-state index in [1.54, 1.807) is 18.6 Å². The van der Waals surface area contributed by atoms with Gasteiger partial charge in [0.25, 0.3) is 11.8 Å². The summed E-state index contributed by atoms with van der Waals surface area (Å²) in [4.78, 5) is 22.9. The Morgan fingerprint density at radius 2 is 2.04 bits per heavy atom. The van der Waals surface area contributed by atoms with Crippen LogP contribution in [-0.2, 0) is 6.54 Å². The van der Waals surface area contributed by atoms with Gasteiger partial charge in [0.1, 0.15) is 5.69 Å². The van der Waals surface area contributed by atoms with Gasteiger partial charge in [-0.25, -0.2) is 4.98 Å². The van der Waals surface area contributed by atoms with E-state index in [2.05, 4.69) is 30.4 Å². The zero-order valence-electron chi connectivity index (χ0n) is 14.8. The van der Waals surface area contributed by atoms with Crippen LogP contribution in [0.3, 0.4) is 0 Å². The molecule has 1 aliphatic heterocycles. The monoisotopic (exact) mass is 364 g/mol. The Hall–Kier alpha value is -3.29. The van der Waals surface area contributed by atoms with Crippen LogP contribution in [0.1, 0.15) is 35.5 Å². The number of nitrogens with zero attached hydrogens (tertiary/aromatic N) is 5. The van der Waals surface area contributed by atoms with E-state index in [-0.39, 0.29) is 18.3 Å². The molecule has 0 radical (unpaired) electrons. The summed E-state index contributed by atoms with van der Waals surface area (Å²) in [6, 6.07) is 7.70. The number of benzene rings is 1. The van der Waals surface area contributed by atoms with Crippen molar-refractivity contribution in [2.75, 3.05) is 18.0 Å².